The Bertz CT molecular complexity index is 541. The number of ether oxygens (including phenoxy) is 2. The van der Waals surface area contributed by atoms with Crippen LogP contribution in [0.4, 0.5) is 0 Å². The van der Waals surface area contributed by atoms with Crippen molar-refractivity contribution in [1.29, 1.82) is 0 Å². The van der Waals surface area contributed by atoms with E-state index in [1.165, 1.54) is 22.3 Å². The standard InChI is InChI=1S/C14H12O2/c1-15-8-14-7-6-11-9-4-2-3-5-10(9)12(11)13(14)16-14/h2-7,13H,8H2,1H3. The van der Waals surface area contributed by atoms with E-state index in [4.69, 9.17) is 9.47 Å². The Morgan fingerprint density at radius 2 is 2.12 bits per heavy atom. The van der Waals surface area contributed by atoms with Crippen LogP contribution in [0.5, 0.6) is 0 Å². The van der Waals surface area contributed by atoms with E-state index in [-0.39, 0.29) is 11.7 Å². The van der Waals surface area contributed by atoms with Crippen LogP contribution in [0.1, 0.15) is 11.1 Å². The fraction of sp³-hybridized carbons (Fsp3) is 0.286. The summed E-state index contributed by atoms with van der Waals surface area (Å²) in [6.45, 7) is 0.646. The van der Waals surface area contributed by atoms with Gasteiger partial charge in [-0.15, -0.1) is 0 Å². The molecule has 1 aliphatic heterocycles. The summed E-state index contributed by atoms with van der Waals surface area (Å²) in [5, 5.41) is 0. The van der Waals surface area contributed by atoms with Gasteiger partial charge in [-0.2, -0.15) is 0 Å². The summed E-state index contributed by atoms with van der Waals surface area (Å²) in [5.74, 6) is 0. The Morgan fingerprint density at radius 1 is 1.31 bits per heavy atom. The van der Waals surface area contributed by atoms with E-state index in [2.05, 4.69) is 36.4 Å². The maximum absolute atomic E-state index is 5.83. The highest BCUT2D eigenvalue weighted by Gasteiger charge is 2.60. The molecule has 80 valence electrons. The van der Waals surface area contributed by atoms with E-state index in [9.17, 15) is 0 Å². The van der Waals surface area contributed by atoms with Crippen LogP contribution in [0.2, 0.25) is 0 Å². The highest BCUT2D eigenvalue weighted by Crippen LogP contribution is 2.57. The van der Waals surface area contributed by atoms with E-state index < -0.39 is 0 Å². The van der Waals surface area contributed by atoms with Crippen LogP contribution in [0, 0.1) is 0 Å². The molecule has 1 heterocycles. The third-order valence-electron chi connectivity index (χ3n) is 3.69. The highest BCUT2D eigenvalue weighted by molar-refractivity contribution is 6.11. The zero-order valence-electron chi connectivity index (χ0n) is 9.07. The van der Waals surface area contributed by atoms with Gasteiger partial charge in [0.25, 0.3) is 0 Å². The van der Waals surface area contributed by atoms with Crippen molar-refractivity contribution in [3.63, 3.8) is 0 Å². The molecule has 0 bridgehead atoms. The molecule has 1 aromatic carbocycles. The van der Waals surface area contributed by atoms with Gasteiger partial charge in [0, 0.05) is 7.11 Å². The minimum Gasteiger partial charge on any atom is -0.381 e. The third kappa shape index (κ3) is 0.856. The van der Waals surface area contributed by atoms with Gasteiger partial charge in [-0.1, -0.05) is 30.3 Å². The number of rotatable bonds is 2. The van der Waals surface area contributed by atoms with Crippen LogP contribution in [0.15, 0.2) is 36.4 Å². The number of hydrogen-bond donors (Lipinski definition) is 0. The van der Waals surface area contributed by atoms with Crippen molar-refractivity contribution in [2.24, 2.45) is 0 Å². The zero-order valence-corrected chi connectivity index (χ0v) is 9.07. The van der Waals surface area contributed by atoms with Crippen molar-refractivity contribution in [3.8, 4) is 0 Å². The van der Waals surface area contributed by atoms with E-state index in [0.717, 1.165) is 0 Å². The molecular formula is C14H12O2. The van der Waals surface area contributed by atoms with Gasteiger partial charge in [0.1, 0.15) is 11.7 Å². The summed E-state index contributed by atoms with van der Waals surface area (Å²) < 4.78 is 11.0. The molecule has 2 heteroatoms. The molecule has 0 saturated carbocycles. The van der Waals surface area contributed by atoms with Gasteiger partial charge in [-0.25, -0.2) is 0 Å². The number of fused-ring (bicyclic) bond motifs is 5. The third-order valence-corrected chi connectivity index (χ3v) is 3.69. The van der Waals surface area contributed by atoms with Gasteiger partial charge >= 0.3 is 0 Å². The average Bonchev–Trinajstić information content (AvgIpc) is 2.97. The average molecular weight is 212 g/mol. The smallest absolute Gasteiger partial charge is 0.141 e. The summed E-state index contributed by atoms with van der Waals surface area (Å²) in [5.41, 5.74) is 5.27. The van der Waals surface area contributed by atoms with Crippen LogP contribution < -0.4 is 0 Å². The Hall–Kier alpha value is -1.38. The number of allylic oxidation sites excluding steroid dienone is 2. The first-order chi connectivity index (χ1) is 7.86. The first-order valence-electron chi connectivity index (χ1n) is 5.56. The molecule has 0 radical (unpaired) electrons. The lowest BCUT2D eigenvalue weighted by atomic mass is 9.73. The lowest BCUT2D eigenvalue weighted by Gasteiger charge is -2.28. The van der Waals surface area contributed by atoms with Crippen LogP contribution in [-0.2, 0) is 9.47 Å². The second-order valence-electron chi connectivity index (χ2n) is 4.59. The summed E-state index contributed by atoms with van der Waals surface area (Å²) >= 11 is 0. The minimum absolute atomic E-state index is 0.166. The van der Waals surface area contributed by atoms with E-state index in [1.807, 2.05) is 0 Å². The van der Waals surface area contributed by atoms with Gasteiger partial charge in [-0.3, -0.25) is 0 Å². The summed E-state index contributed by atoms with van der Waals surface area (Å²) in [7, 11) is 1.72. The molecule has 2 aliphatic carbocycles. The summed E-state index contributed by atoms with van der Waals surface area (Å²) in [6.07, 6.45) is 4.55. The molecule has 4 rings (SSSR count). The van der Waals surface area contributed by atoms with Crippen LogP contribution in [0.3, 0.4) is 0 Å². The molecule has 1 fully saturated rings. The number of epoxide rings is 1. The first-order valence-corrected chi connectivity index (χ1v) is 5.56. The van der Waals surface area contributed by atoms with Crippen molar-refractivity contribution >= 4 is 11.1 Å². The lowest BCUT2D eigenvalue weighted by Crippen LogP contribution is -2.25. The van der Waals surface area contributed by atoms with E-state index in [1.54, 1.807) is 7.11 Å². The van der Waals surface area contributed by atoms with Crippen LogP contribution in [-0.4, -0.2) is 25.4 Å². The van der Waals surface area contributed by atoms with Crippen LogP contribution >= 0.6 is 0 Å². The molecule has 1 saturated heterocycles. The second-order valence-corrected chi connectivity index (χ2v) is 4.59. The van der Waals surface area contributed by atoms with Crippen molar-refractivity contribution in [2.75, 3.05) is 13.7 Å². The fourth-order valence-corrected chi connectivity index (χ4v) is 2.87. The quantitative estimate of drug-likeness (QED) is 0.701. The van der Waals surface area contributed by atoms with E-state index >= 15 is 0 Å². The van der Waals surface area contributed by atoms with Crippen molar-refractivity contribution in [1.82, 2.24) is 0 Å². The maximum atomic E-state index is 5.83. The SMILES string of the molecule is COCC12C=CC3=C(c4ccccc43)C1O2. The lowest BCUT2D eigenvalue weighted by molar-refractivity contribution is 0.143. The maximum Gasteiger partial charge on any atom is 0.141 e. The van der Waals surface area contributed by atoms with Crippen LogP contribution in [0.25, 0.3) is 11.1 Å². The summed E-state index contributed by atoms with van der Waals surface area (Å²) in [4.78, 5) is 0. The Kier molecular flexibility index (Phi) is 1.45. The van der Waals surface area contributed by atoms with Gasteiger partial charge in [0.2, 0.25) is 0 Å². The van der Waals surface area contributed by atoms with Gasteiger partial charge in [0.15, 0.2) is 0 Å². The van der Waals surface area contributed by atoms with E-state index in [0.29, 0.717) is 6.61 Å². The molecule has 0 aromatic heterocycles. The molecule has 0 spiro atoms. The zero-order chi connectivity index (χ0) is 10.8. The van der Waals surface area contributed by atoms with Crippen molar-refractivity contribution in [2.45, 2.75) is 11.7 Å². The Morgan fingerprint density at radius 3 is 2.94 bits per heavy atom. The first kappa shape index (κ1) is 8.74. The van der Waals surface area contributed by atoms with Gasteiger partial charge < -0.3 is 9.47 Å². The Labute approximate surface area is 94.2 Å². The molecule has 0 amide bonds. The topological polar surface area (TPSA) is 21.8 Å². The fourth-order valence-electron chi connectivity index (χ4n) is 2.87. The van der Waals surface area contributed by atoms with Crippen molar-refractivity contribution < 1.29 is 9.47 Å². The Balaban J connectivity index is 1.77. The minimum atomic E-state index is -0.166. The molecule has 0 N–H and O–H groups in total. The molecular weight excluding hydrogens is 200 g/mol. The molecule has 2 unspecified atom stereocenters. The summed E-state index contributed by atoms with van der Waals surface area (Å²) in [6, 6.07) is 8.51. The largest absolute Gasteiger partial charge is 0.381 e. The molecule has 1 aromatic rings. The number of methoxy groups -OCH3 is 1. The number of hydrogen-bond acceptors (Lipinski definition) is 2. The predicted octanol–water partition coefficient (Wildman–Crippen LogP) is 2.26. The van der Waals surface area contributed by atoms with Gasteiger partial charge in [-0.05, 0) is 28.3 Å². The second kappa shape index (κ2) is 2.65. The predicted molar refractivity (Wildman–Crippen MR) is 61.9 cm³/mol. The molecule has 3 aliphatic rings. The highest BCUT2D eigenvalue weighted by atomic mass is 16.6. The molecule has 16 heavy (non-hydrogen) atoms. The number of benzene rings is 1. The monoisotopic (exact) mass is 212 g/mol. The molecule has 2 atom stereocenters. The van der Waals surface area contributed by atoms with Gasteiger partial charge in [0.05, 0.1) is 6.61 Å². The molecule has 2 nitrogen and oxygen atoms in total. The van der Waals surface area contributed by atoms with Crippen molar-refractivity contribution in [3.05, 3.63) is 47.5 Å². The normalized spacial score (nSPS) is 32.7.